The van der Waals surface area contributed by atoms with Gasteiger partial charge in [0.05, 0.1) is 22.0 Å². The van der Waals surface area contributed by atoms with Gasteiger partial charge in [0.2, 0.25) is 0 Å². The van der Waals surface area contributed by atoms with Crippen molar-refractivity contribution in [2.24, 2.45) is 5.92 Å². The van der Waals surface area contributed by atoms with Crippen molar-refractivity contribution in [3.63, 3.8) is 0 Å². The number of carbonyl (C=O) groups is 2. The van der Waals surface area contributed by atoms with Crippen molar-refractivity contribution in [2.75, 3.05) is 5.32 Å². The fourth-order valence-corrected chi connectivity index (χ4v) is 3.88. The predicted octanol–water partition coefficient (Wildman–Crippen LogP) is 4.85. The van der Waals surface area contributed by atoms with E-state index in [2.05, 4.69) is 10.6 Å². The first-order valence-electron chi connectivity index (χ1n) is 8.66. The number of halogens is 3. The molecule has 0 spiro atoms. The Balaban J connectivity index is 1.69. The second kappa shape index (κ2) is 8.12. The number of hydrogen-bond donors (Lipinski definition) is 2. The molecule has 144 valence electrons. The third kappa shape index (κ3) is 4.88. The van der Waals surface area contributed by atoms with Crippen molar-refractivity contribution in [3.05, 3.63) is 52.2 Å². The molecular weight excluding hydrogens is 377 g/mol. The summed E-state index contributed by atoms with van der Waals surface area (Å²) in [5.74, 6) is -2.20. The summed E-state index contributed by atoms with van der Waals surface area (Å²) in [6.07, 6.45) is -3.31. The van der Waals surface area contributed by atoms with Crippen LogP contribution in [0.3, 0.4) is 0 Å². The number of anilines is 1. The number of para-hydroxylation sites is 1. The molecule has 0 unspecified atom stereocenters. The monoisotopic (exact) mass is 396 g/mol. The lowest BCUT2D eigenvalue weighted by molar-refractivity contribution is -0.183. The van der Waals surface area contributed by atoms with Crippen LogP contribution in [0, 0.1) is 5.92 Å². The molecule has 3 rings (SSSR count). The van der Waals surface area contributed by atoms with Crippen LogP contribution in [0.2, 0.25) is 0 Å². The van der Waals surface area contributed by atoms with Gasteiger partial charge in [-0.05, 0) is 42.8 Å². The molecule has 2 atom stereocenters. The summed E-state index contributed by atoms with van der Waals surface area (Å²) in [4.78, 5) is 25.4. The molecule has 1 aromatic heterocycles. The SMILES string of the molecule is O=C(Nc1ccccc1C(=O)N[C@@H]1CCC[C@H](C(F)(F)F)C1)c1cccs1. The van der Waals surface area contributed by atoms with Gasteiger partial charge in [-0.25, -0.2) is 0 Å². The summed E-state index contributed by atoms with van der Waals surface area (Å²) in [6, 6.07) is 9.36. The number of nitrogens with one attached hydrogen (secondary N) is 2. The van der Waals surface area contributed by atoms with Gasteiger partial charge in [0.25, 0.3) is 11.8 Å². The van der Waals surface area contributed by atoms with Crippen molar-refractivity contribution in [3.8, 4) is 0 Å². The van der Waals surface area contributed by atoms with E-state index in [1.165, 1.54) is 11.3 Å². The van der Waals surface area contributed by atoms with Gasteiger partial charge in [-0.1, -0.05) is 24.6 Å². The summed E-state index contributed by atoms with van der Waals surface area (Å²) in [5.41, 5.74) is 0.563. The molecule has 27 heavy (non-hydrogen) atoms. The van der Waals surface area contributed by atoms with Crippen LogP contribution < -0.4 is 10.6 Å². The first-order valence-corrected chi connectivity index (χ1v) is 9.54. The first kappa shape index (κ1) is 19.4. The van der Waals surface area contributed by atoms with E-state index in [0.717, 1.165) is 0 Å². The van der Waals surface area contributed by atoms with E-state index >= 15 is 0 Å². The minimum Gasteiger partial charge on any atom is -0.349 e. The second-order valence-electron chi connectivity index (χ2n) is 6.55. The van der Waals surface area contributed by atoms with Gasteiger partial charge < -0.3 is 10.6 Å². The van der Waals surface area contributed by atoms with Crippen LogP contribution in [0.5, 0.6) is 0 Å². The summed E-state index contributed by atoms with van der Waals surface area (Å²) in [6.45, 7) is 0. The number of benzene rings is 1. The summed E-state index contributed by atoms with van der Waals surface area (Å²) >= 11 is 1.28. The summed E-state index contributed by atoms with van der Waals surface area (Å²) in [7, 11) is 0. The average Bonchev–Trinajstić information content (AvgIpc) is 3.16. The highest BCUT2D eigenvalue weighted by Crippen LogP contribution is 2.37. The summed E-state index contributed by atoms with van der Waals surface area (Å²) < 4.78 is 38.9. The van der Waals surface area contributed by atoms with Gasteiger partial charge in [0.1, 0.15) is 0 Å². The molecule has 1 aliphatic rings. The van der Waals surface area contributed by atoms with Crippen molar-refractivity contribution < 1.29 is 22.8 Å². The molecule has 0 radical (unpaired) electrons. The van der Waals surface area contributed by atoms with Gasteiger partial charge in [-0.15, -0.1) is 11.3 Å². The first-order chi connectivity index (χ1) is 12.8. The van der Waals surface area contributed by atoms with Crippen LogP contribution in [0.25, 0.3) is 0 Å². The minimum atomic E-state index is -4.24. The fraction of sp³-hybridized carbons (Fsp3) is 0.368. The van der Waals surface area contributed by atoms with E-state index in [0.29, 0.717) is 23.4 Å². The Bertz CT molecular complexity index is 806. The number of thiophene rings is 1. The van der Waals surface area contributed by atoms with E-state index in [9.17, 15) is 22.8 Å². The maximum atomic E-state index is 13.0. The standard InChI is InChI=1S/C19H19F3N2O2S/c20-19(21,22)12-5-3-6-13(11-12)23-17(25)14-7-1-2-8-15(14)24-18(26)16-9-4-10-27-16/h1-2,4,7-10,12-13H,3,5-6,11H2,(H,23,25)(H,24,26)/t12-,13+/m0/s1. The second-order valence-corrected chi connectivity index (χ2v) is 7.50. The Morgan fingerprint density at radius 3 is 2.52 bits per heavy atom. The number of amides is 2. The van der Waals surface area contributed by atoms with Crippen molar-refractivity contribution in [2.45, 2.75) is 37.9 Å². The van der Waals surface area contributed by atoms with Gasteiger partial charge >= 0.3 is 6.18 Å². The molecule has 8 heteroatoms. The number of rotatable bonds is 4. The Morgan fingerprint density at radius 1 is 1.04 bits per heavy atom. The van der Waals surface area contributed by atoms with E-state index < -0.39 is 24.0 Å². The highest BCUT2D eigenvalue weighted by Gasteiger charge is 2.42. The third-order valence-corrected chi connectivity index (χ3v) is 5.51. The maximum absolute atomic E-state index is 13.0. The van der Waals surface area contributed by atoms with Gasteiger partial charge in [-0.2, -0.15) is 13.2 Å². The highest BCUT2D eigenvalue weighted by atomic mass is 32.1. The molecule has 2 N–H and O–H groups in total. The number of hydrogen-bond acceptors (Lipinski definition) is 3. The zero-order valence-electron chi connectivity index (χ0n) is 14.4. The van der Waals surface area contributed by atoms with Crippen molar-refractivity contribution >= 4 is 28.8 Å². The zero-order chi connectivity index (χ0) is 19.4. The lowest BCUT2D eigenvalue weighted by Crippen LogP contribution is -2.41. The lowest BCUT2D eigenvalue weighted by Gasteiger charge is -2.31. The molecule has 1 aromatic carbocycles. The van der Waals surface area contributed by atoms with E-state index in [1.807, 2.05) is 0 Å². The predicted molar refractivity (Wildman–Crippen MR) is 98.0 cm³/mol. The topological polar surface area (TPSA) is 58.2 Å². The van der Waals surface area contributed by atoms with Crippen LogP contribution in [0.15, 0.2) is 41.8 Å². The molecule has 2 amide bonds. The average molecular weight is 396 g/mol. The number of carbonyl (C=O) groups excluding carboxylic acids is 2. The maximum Gasteiger partial charge on any atom is 0.391 e. The highest BCUT2D eigenvalue weighted by molar-refractivity contribution is 7.12. The Morgan fingerprint density at radius 2 is 1.81 bits per heavy atom. The minimum absolute atomic E-state index is 0.101. The molecule has 0 bridgehead atoms. The molecule has 1 heterocycles. The summed E-state index contributed by atoms with van der Waals surface area (Å²) in [5, 5.41) is 7.16. The molecule has 1 aliphatic carbocycles. The Labute approximate surface area is 158 Å². The molecular formula is C19H19F3N2O2S. The van der Waals surface area contributed by atoms with Gasteiger partial charge in [0, 0.05) is 6.04 Å². The fourth-order valence-electron chi connectivity index (χ4n) is 3.26. The molecule has 1 saturated carbocycles. The van der Waals surface area contributed by atoms with Gasteiger partial charge in [0.15, 0.2) is 0 Å². The quantitative estimate of drug-likeness (QED) is 0.776. The Hall–Kier alpha value is -2.35. The van der Waals surface area contributed by atoms with Crippen LogP contribution in [0.1, 0.15) is 45.7 Å². The van der Waals surface area contributed by atoms with E-state index in [-0.39, 0.29) is 24.3 Å². The molecule has 4 nitrogen and oxygen atoms in total. The third-order valence-electron chi connectivity index (χ3n) is 4.64. The largest absolute Gasteiger partial charge is 0.391 e. The van der Waals surface area contributed by atoms with Crippen molar-refractivity contribution in [1.82, 2.24) is 5.32 Å². The normalized spacial score (nSPS) is 20.1. The van der Waals surface area contributed by atoms with E-state index in [1.54, 1.807) is 41.8 Å². The van der Waals surface area contributed by atoms with Crippen LogP contribution in [-0.4, -0.2) is 24.0 Å². The Kier molecular flexibility index (Phi) is 5.84. The smallest absolute Gasteiger partial charge is 0.349 e. The molecule has 2 aromatic rings. The van der Waals surface area contributed by atoms with E-state index in [4.69, 9.17) is 0 Å². The molecule has 0 saturated heterocycles. The lowest BCUT2D eigenvalue weighted by atomic mass is 9.85. The van der Waals surface area contributed by atoms with Crippen molar-refractivity contribution in [1.29, 1.82) is 0 Å². The van der Waals surface area contributed by atoms with Gasteiger partial charge in [-0.3, -0.25) is 9.59 Å². The molecule has 1 fully saturated rings. The zero-order valence-corrected chi connectivity index (χ0v) is 15.2. The van der Waals surface area contributed by atoms with Crippen LogP contribution in [-0.2, 0) is 0 Å². The van der Waals surface area contributed by atoms with Crippen LogP contribution in [0.4, 0.5) is 18.9 Å². The molecule has 0 aliphatic heterocycles. The van der Waals surface area contributed by atoms with Crippen LogP contribution >= 0.6 is 11.3 Å². The number of alkyl halides is 3.